The first-order valence-corrected chi connectivity index (χ1v) is 6.49. The van der Waals surface area contributed by atoms with Crippen molar-refractivity contribution in [1.29, 1.82) is 0 Å². The summed E-state index contributed by atoms with van der Waals surface area (Å²) in [5.74, 6) is -1.99. The molecule has 0 radical (unpaired) electrons. The fraction of sp³-hybridized carbons (Fsp3) is 0.0769. The molecular formula is C13H9BrFN3O3. The quantitative estimate of drug-likeness (QED) is 0.822. The van der Waals surface area contributed by atoms with Gasteiger partial charge in [-0.2, -0.15) is 0 Å². The molecule has 0 atom stereocenters. The number of aromatic nitrogens is 2. The Balaban J connectivity index is 2.45. The van der Waals surface area contributed by atoms with Crippen LogP contribution in [-0.4, -0.2) is 27.7 Å². The van der Waals surface area contributed by atoms with Crippen LogP contribution in [0.15, 0.2) is 32.5 Å². The van der Waals surface area contributed by atoms with E-state index in [0.29, 0.717) is 10.0 Å². The molecule has 1 aromatic heterocycles. The van der Waals surface area contributed by atoms with E-state index in [9.17, 15) is 19.1 Å². The summed E-state index contributed by atoms with van der Waals surface area (Å²) in [7, 11) is 0. The molecule has 0 spiro atoms. The molecule has 0 fully saturated rings. The van der Waals surface area contributed by atoms with Crippen LogP contribution in [0.25, 0.3) is 0 Å². The maximum atomic E-state index is 13.0. The second-order valence-electron chi connectivity index (χ2n) is 4.09. The Morgan fingerprint density at radius 1 is 1.52 bits per heavy atom. The molecule has 108 valence electrons. The minimum absolute atomic E-state index is 0.133. The first kappa shape index (κ1) is 15.0. The number of aromatic hydroxyl groups is 1. The maximum Gasteiger partial charge on any atom is 0.299 e. The first-order chi connectivity index (χ1) is 9.92. The van der Waals surface area contributed by atoms with Crippen molar-refractivity contribution in [2.24, 2.45) is 4.99 Å². The molecule has 0 unspecified atom stereocenters. The van der Waals surface area contributed by atoms with Crippen LogP contribution in [-0.2, 0) is 6.42 Å². The Labute approximate surface area is 126 Å². The zero-order valence-electron chi connectivity index (χ0n) is 10.6. The average Bonchev–Trinajstić information content (AvgIpc) is 2.44. The molecule has 1 aromatic carbocycles. The number of amides is 1. The van der Waals surface area contributed by atoms with E-state index in [1.54, 1.807) is 0 Å². The first-order valence-electron chi connectivity index (χ1n) is 5.69. The second kappa shape index (κ2) is 5.96. The predicted octanol–water partition coefficient (Wildman–Crippen LogP) is 1.81. The van der Waals surface area contributed by atoms with Crippen LogP contribution >= 0.6 is 15.9 Å². The zero-order valence-corrected chi connectivity index (χ0v) is 12.1. The fourth-order valence-electron chi connectivity index (χ4n) is 1.67. The van der Waals surface area contributed by atoms with E-state index in [1.165, 1.54) is 18.2 Å². The molecule has 6 nitrogen and oxygen atoms in total. The molecule has 0 aliphatic rings. The number of hydrogen-bond donors (Lipinski definition) is 2. The normalized spacial score (nSPS) is 10.4. The summed E-state index contributed by atoms with van der Waals surface area (Å²) in [6.45, 7) is 3.03. The van der Waals surface area contributed by atoms with Crippen molar-refractivity contribution < 1.29 is 14.3 Å². The molecule has 0 aliphatic carbocycles. The molecule has 0 saturated heterocycles. The predicted molar refractivity (Wildman–Crippen MR) is 77.3 cm³/mol. The smallest absolute Gasteiger partial charge is 0.299 e. The van der Waals surface area contributed by atoms with Crippen LogP contribution in [0.2, 0.25) is 0 Å². The van der Waals surface area contributed by atoms with Gasteiger partial charge < -0.3 is 10.1 Å². The van der Waals surface area contributed by atoms with E-state index >= 15 is 0 Å². The molecule has 1 amide bonds. The molecule has 0 bridgehead atoms. The summed E-state index contributed by atoms with van der Waals surface area (Å²) in [4.78, 5) is 32.3. The number of aromatic amines is 1. The van der Waals surface area contributed by atoms with Crippen molar-refractivity contribution in [2.75, 3.05) is 0 Å². The van der Waals surface area contributed by atoms with Gasteiger partial charge in [-0.05, 0) is 24.4 Å². The monoisotopic (exact) mass is 353 g/mol. The third kappa shape index (κ3) is 3.22. The SMILES string of the molecule is C=NC(=O)c1nc(Cc2ccc(F)cc2Br)[nH]c(=O)c1O. The van der Waals surface area contributed by atoms with E-state index in [1.807, 2.05) is 0 Å². The average molecular weight is 354 g/mol. The van der Waals surface area contributed by atoms with E-state index in [2.05, 4.69) is 37.6 Å². The lowest BCUT2D eigenvalue weighted by Crippen LogP contribution is -2.16. The summed E-state index contributed by atoms with van der Waals surface area (Å²) >= 11 is 3.19. The lowest BCUT2D eigenvalue weighted by Gasteiger charge is -2.06. The number of aliphatic imine (C=N–C) groups is 1. The minimum Gasteiger partial charge on any atom is -0.501 e. The van der Waals surface area contributed by atoms with E-state index in [0.717, 1.165) is 0 Å². The number of H-pyrrole nitrogens is 1. The molecule has 1 heterocycles. The Hall–Kier alpha value is -2.35. The topological polar surface area (TPSA) is 95.4 Å². The highest BCUT2D eigenvalue weighted by molar-refractivity contribution is 9.10. The number of carbonyl (C=O) groups is 1. The molecule has 2 rings (SSSR count). The molecule has 2 N–H and O–H groups in total. The van der Waals surface area contributed by atoms with Gasteiger partial charge in [0.2, 0.25) is 5.75 Å². The number of carbonyl (C=O) groups excluding carboxylic acids is 1. The zero-order chi connectivity index (χ0) is 15.6. The third-order valence-corrected chi connectivity index (χ3v) is 3.40. The summed E-state index contributed by atoms with van der Waals surface area (Å²) in [6.07, 6.45) is 0.133. The van der Waals surface area contributed by atoms with Gasteiger partial charge in [-0.3, -0.25) is 9.59 Å². The van der Waals surface area contributed by atoms with Crippen LogP contribution in [0.3, 0.4) is 0 Å². The van der Waals surface area contributed by atoms with E-state index in [4.69, 9.17) is 0 Å². The highest BCUT2D eigenvalue weighted by Gasteiger charge is 2.17. The van der Waals surface area contributed by atoms with Crippen molar-refractivity contribution in [3.05, 3.63) is 55.9 Å². The Kier molecular flexibility index (Phi) is 4.27. The number of benzene rings is 1. The number of halogens is 2. The molecule has 0 saturated carbocycles. The molecule has 8 heteroatoms. The van der Waals surface area contributed by atoms with Crippen LogP contribution in [0.4, 0.5) is 4.39 Å². The van der Waals surface area contributed by atoms with Crippen LogP contribution in [0.5, 0.6) is 5.75 Å². The highest BCUT2D eigenvalue weighted by Crippen LogP contribution is 2.20. The van der Waals surface area contributed by atoms with Crippen molar-refractivity contribution in [2.45, 2.75) is 6.42 Å². The largest absolute Gasteiger partial charge is 0.501 e. The highest BCUT2D eigenvalue weighted by atomic mass is 79.9. The van der Waals surface area contributed by atoms with E-state index < -0.39 is 28.7 Å². The molecule has 2 aromatic rings. The van der Waals surface area contributed by atoms with Gasteiger partial charge in [-0.15, -0.1) is 0 Å². The van der Waals surface area contributed by atoms with Crippen LogP contribution in [0.1, 0.15) is 21.9 Å². The fourth-order valence-corrected chi connectivity index (χ4v) is 2.16. The standard InChI is InChI=1S/C13H9BrFN3O3/c1-16-12(20)10-11(19)13(21)18-9(17-10)4-6-2-3-7(15)5-8(6)14/h2-3,5,19H,1,4H2,(H,17,18,21). The minimum atomic E-state index is -0.905. The van der Waals surface area contributed by atoms with E-state index in [-0.39, 0.29) is 12.2 Å². The summed E-state index contributed by atoms with van der Waals surface area (Å²) in [5.41, 5.74) is -0.678. The lowest BCUT2D eigenvalue weighted by molar-refractivity contribution is 0.0995. The Morgan fingerprint density at radius 3 is 2.86 bits per heavy atom. The Morgan fingerprint density at radius 2 is 2.24 bits per heavy atom. The van der Waals surface area contributed by atoms with Gasteiger partial charge in [-0.25, -0.2) is 14.4 Å². The van der Waals surface area contributed by atoms with Crippen molar-refractivity contribution in [3.8, 4) is 5.75 Å². The van der Waals surface area contributed by atoms with Gasteiger partial charge in [0, 0.05) is 10.9 Å². The van der Waals surface area contributed by atoms with Gasteiger partial charge in [0.05, 0.1) is 0 Å². The summed E-state index contributed by atoms with van der Waals surface area (Å²) < 4.78 is 13.5. The summed E-state index contributed by atoms with van der Waals surface area (Å²) in [5, 5.41) is 9.51. The van der Waals surface area contributed by atoms with Gasteiger partial charge in [0.15, 0.2) is 5.69 Å². The molecular weight excluding hydrogens is 345 g/mol. The van der Waals surface area contributed by atoms with Gasteiger partial charge in [0.1, 0.15) is 11.6 Å². The lowest BCUT2D eigenvalue weighted by atomic mass is 10.1. The number of nitrogens with zero attached hydrogens (tertiary/aromatic N) is 2. The van der Waals surface area contributed by atoms with Crippen LogP contribution in [0, 0.1) is 5.82 Å². The van der Waals surface area contributed by atoms with Crippen LogP contribution < -0.4 is 5.56 Å². The second-order valence-corrected chi connectivity index (χ2v) is 4.94. The van der Waals surface area contributed by atoms with Crippen molar-refractivity contribution in [1.82, 2.24) is 9.97 Å². The van der Waals surface area contributed by atoms with Crippen molar-refractivity contribution >= 4 is 28.6 Å². The molecule has 0 aliphatic heterocycles. The van der Waals surface area contributed by atoms with Gasteiger partial charge >= 0.3 is 0 Å². The number of nitrogens with one attached hydrogen (secondary N) is 1. The summed E-state index contributed by atoms with van der Waals surface area (Å²) in [6, 6.07) is 4.04. The number of hydrogen-bond acceptors (Lipinski definition) is 4. The number of rotatable bonds is 3. The van der Waals surface area contributed by atoms with Crippen molar-refractivity contribution in [3.63, 3.8) is 0 Å². The Bertz CT molecular complexity index is 789. The van der Waals surface area contributed by atoms with Gasteiger partial charge in [-0.1, -0.05) is 22.0 Å². The van der Waals surface area contributed by atoms with Gasteiger partial charge in [0.25, 0.3) is 11.5 Å². The third-order valence-electron chi connectivity index (χ3n) is 2.66. The molecule has 21 heavy (non-hydrogen) atoms. The maximum absolute atomic E-state index is 13.0.